The summed E-state index contributed by atoms with van der Waals surface area (Å²) >= 11 is 13.7. The summed E-state index contributed by atoms with van der Waals surface area (Å²) in [5, 5.41) is 23.8. The first-order chi connectivity index (χ1) is 15.8. The van der Waals surface area contributed by atoms with Gasteiger partial charge in [0.25, 0.3) is 0 Å². The van der Waals surface area contributed by atoms with Crippen LogP contribution in [0.1, 0.15) is 18.4 Å². The molecule has 0 saturated carbocycles. The minimum atomic E-state index is -0.903. The number of aromatic nitrogens is 2. The minimum absolute atomic E-state index is 0.241. The first kappa shape index (κ1) is 22.8. The zero-order valence-corrected chi connectivity index (χ0v) is 19.6. The van der Waals surface area contributed by atoms with E-state index in [4.69, 9.17) is 23.2 Å². The van der Waals surface area contributed by atoms with Crippen molar-refractivity contribution in [1.29, 1.82) is 0 Å². The molecule has 0 radical (unpaired) electrons. The number of nitrogens with zero attached hydrogens (tertiary/aromatic N) is 2. The second-order valence-electron chi connectivity index (χ2n) is 7.17. The summed E-state index contributed by atoms with van der Waals surface area (Å²) in [5.74, 6) is -1.12. The summed E-state index contributed by atoms with van der Waals surface area (Å²) in [7, 11) is 0. The minimum Gasteiger partial charge on any atom is -0.481 e. The quantitative estimate of drug-likeness (QED) is 0.273. The maximum absolute atomic E-state index is 12.7. The first-order valence-corrected chi connectivity index (χ1v) is 11.5. The molecule has 3 N–H and O–H groups in total. The third kappa shape index (κ3) is 5.03. The number of carboxylic acid groups (broad SMARTS) is 1. The number of hydrogen-bond donors (Lipinski definition) is 3. The van der Waals surface area contributed by atoms with E-state index in [1.165, 1.54) is 0 Å². The van der Waals surface area contributed by atoms with Gasteiger partial charge in [-0.15, -0.1) is 0 Å². The fourth-order valence-corrected chi connectivity index (χ4v) is 4.13. The van der Waals surface area contributed by atoms with Crippen LogP contribution in [0.25, 0.3) is 16.9 Å². The Hall–Kier alpha value is -3.33. The van der Waals surface area contributed by atoms with Gasteiger partial charge >= 0.3 is 12.0 Å². The molecular weight excluding hydrogens is 483 g/mol. The van der Waals surface area contributed by atoms with Crippen molar-refractivity contribution in [1.82, 2.24) is 9.78 Å². The highest BCUT2D eigenvalue weighted by Crippen LogP contribution is 2.30. The second kappa shape index (κ2) is 9.66. The van der Waals surface area contributed by atoms with Crippen molar-refractivity contribution in [3.63, 3.8) is 0 Å². The number of benzene rings is 2. The Labute approximate surface area is 203 Å². The van der Waals surface area contributed by atoms with Crippen molar-refractivity contribution in [2.75, 3.05) is 10.6 Å². The average molecular weight is 501 g/mol. The Balaban J connectivity index is 1.65. The standard InChI is InChI=1S/C23H18Cl2N4O3S/c1-13(22(30)31)14-5-7-16(8-6-14)29-20(11-19(28-29)15-9-10-33-12-15)27-23(32)26-18-4-2-3-17(24)21(18)25/h2-13H,1H3,(H,30,31)(H2,26,27,32). The number of carboxylic acids is 1. The molecule has 0 fully saturated rings. The summed E-state index contributed by atoms with van der Waals surface area (Å²) in [6.07, 6.45) is 0. The number of thiophene rings is 1. The number of urea groups is 1. The number of anilines is 2. The van der Waals surface area contributed by atoms with E-state index in [2.05, 4.69) is 15.7 Å². The third-order valence-corrected chi connectivity index (χ3v) is 6.48. The van der Waals surface area contributed by atoms with E-state index >= 15 is 0 Å². The van der Waals surface area contributed by atoms with Crippen LogP contribution in [0.5, 0.6) is 0 Å². The fourth-order valence-electron chi connectivity index (χ4n) is 3.14. The molecule has 2 aromatic heterocycles. The Morgan fingerprint density at radius 3 is 2.52 bits per heavy atom. The topological polar surface area (TPSA) is 96.2 Å². The molecule has 2 heterocycles. The molecule has 4 rings (SSSR count). The van der Waals surface area contributed by atoms with E-state index in [1.807, 2.05) is 16.8 Å². The number of carbonyl (C=O) groups is 2. The molecule has 33 heavy (non-hydrogen) atoms. The molecule has 0 bridgehead atoms. The average Bonchev–Trinajstić information content (AvgIpc) is 3.47. The number of carbonyl (C=O) groups excluding carboxylic acids is 1. The Morgan fingerprint density at radius 2 is 1.85 bits per heavy atom. The summed E-state index contributed by atoms with van der Waals surface area (Å²) in [4.78, 5) is 24.0. The van der Waals surface area contributed by atoms with Crippen LogP contribution >= 0.6 is 34.5 Å². The fraction of sp³-hybridized carbons (Fsp3) is 0.0870. The molecular formula is C23H18Cl2N4O3S. The second-order valence-corrected chi connectivity index (χ2v) is 8.74. The van der Waals surface area contributed by atoms with E-state index in [1.54, 1.807) is 71.5 Å². The van der Waals surface area contributed by atoms with Gasteiger partial charge in [0.15, 0.2) is 0 Å². The molecule has 168 valence electrons. The van der Waals surface area contributed by atoms with Crippen LogP contribution in [0.3, 0.4) is 0 Å². The number of halogens is 2. The van der Waals surface area contributed by atoms with Gasteiger partial charge in [-0.05, 0) is 48.2 Å². The van der Waals surface area contributed by atoms with Crippen molar-refractivity contribution in [3.8, 4) is 16.9 Å². The highest BCUT2D eigenvalue weighted by Gasteiger charge is 2.17. The SMILES string of the molecule is CC(C(=O)O)c1ccc(-n2nc(-c3ccsc3)cc2NC(=O)Nc2cccc(Cl)c2Cl)cc1. The normalized spacial score (nSPS) is 11.7. The number of hydrogen-bond acceptors (Lipinski definition) is 4. The van der Waals surface area contributed by atoms with E-state index in [9.17, 15) is 14.7 Å². The predicted octanol–water partition coefficient (Wildman–Crippen LogP) is 6.74. The van der Waals surface area contributed by atoms with Gasteiger partial charge in [-0.3, -0.25) is 10.1 Å². The van der Waals surface area contributed by atoms with Crippen molar-refractivity contribution in [2.45, 2.75) is 12.8 Å². The lowest BCUT2D eigenvalue weighted by Crippen LogP contribution is -2.21. The van der Waals surface area contributed by atoms with E-state index in [0.717, 1.165) is 5.56 Å². The van der Waals surface area contributed by atoms with Crippen LogP contribution in [0.4, 0.5) is 16.3 Å². The molecule has 0 spiro atoms. The van der Waals surface area contributed by atoms with E-state index in [0.29, 0.717) is 33.5 Å². The predicted molar refractivity (Wildman–Crippen MR) is 132 cm³/mol. The lowest BCUT2D eigenvalue weighted by Gasteiger charge is -2.12. The summed E-state index contributed by atoms with van der Waals surface area (Å²) in [6, 6.07) is 15.1. The summed E-state index contributed by atoms with van der Waals surface area (Å²) in [6.45, 7) is 1.62. The van der Waals surface area contributed by atoms with E-state index < -0.39 is 17.9 Å². The lowest BCUT2D eigenvalue weighted by atomic mass is 10.0. The van der Waals surface area contributed by atoms with Gasteiger partial charge in [0.2, 0.25) is 0 Å². The van der Waals surface area contributed by atoms with Crippen LogP contribution < -0.4 is 10.6 Å². The highest BCUT2D eigenvalue weighted by atomic mass is 35.5. The Bertz CT molecular complexity index is 1300. The van der Waals surface area contributed by atoms with Gasteiger partial charge in [-0.2, -0.15) is 16.4 Å². The van der Waals surface area contributed by atoms with Gasteiger partial charge in [0, 0.05) is 17.0 Å². The third-order valence-electron chi connectivity index (χ3n) is 4.98. The van der Waals surface area contributed by atoms with Crippen molar-refractivity contribution >= 4 is 58.0 Å². The van der Waals surface area contributed by atoms with E-state index in [-0.39, 0.29) is 5.02 Å². The van der Waals surface area contributed by atoms with Gasteiger partial charge in [-0.25, -0.2) is 9.48 Å². The molecule has 4 aromatic rings. The van der Waals surface area contributed by atoms with Crippen LogP contribution in [0.2, 0.25) is 10.0 Å². The number of rotatable bonds is 6. The van der Waals surface area contributed by atoms with Gasteiger partial charge in [0.1, 0.15) is 5.82 Å². The van der Waals surface area contributed by atoms with Gasteiger partial charge in [0.05, 0.1) is 33.0 Å². The first-order valence-electron chi connectivity index (χ1n) is 9.81. The molecule has 1 unspecified atom stereocenters. The highest BCUT2D eigenvalue weighted by molar-refractivity contribution is 7.08. The number of amides is 2. The molecule has 0 aliphatic heterocycles. The number of nitrogens with one attached hydrogen (secondary N) is 2. The molecule has 2 aromatic carbocycles. The van der Waals surface area contributed by atoms with Crippen LogP contribution in [0, 0.1) is 0 Å². The molecule has 0 saturated heterocycles. The van der Waals surface area contributed by atoms with Crippen LogP contribution in [-0.4, -0.2) is 26.9 Å². The Morgan fingerprint density at radius 1 is 1.09 bits per heavy atom. The Kier molecular flexibility index (Phi) is 6.69. The van der Waals surface area contributed by atoms with Crippen molar-refractivity contribution in [3.05, 3.63) is 81.0 Å². The maximum atomic E-state index is 12.7. The van der Waals surface area contributed by atoms with Crippen molar-refractivity contribution < 1.29 is 14.7 Å². The molecule has 2 amide bonds. The van der Waals surface area contributed by atoms with Crippen LogP contribution in [-0.2, 0) is 4.79 Å². The van der Waals surface area contributed by atoms with Crippen LogP contribution in [0.15, 0.2) is 65.4 Å². The zero-order valence-electron chi connectivity index (χ0n) is 17.3. The van der Waals surface area contributed by atoms with Gasteiger partial charge < -0.3 is 10.4 Å². The smallest absolute Gasteiger partial charge is 0.324 e. The van der Waals surface area contributed by atoms with Gasteiger partial charge in [-0.1, -0.05) is 41.4 Å². The lowest BCUT2D eigenvalue weighted by molar-refractivity contribution is -0.138. The maximum Gasteiger partial charge on any atom is 0.324 e. The zero-order chi connectivity index (χ0) is 23.5. The molecule has 10 heteroatoms. The molecule has 1 atom stereocenters. The molecule has 0 aliphatic carbocycles. The monoisotopic (exact) mass is 500 g/mol. The number of aliphatic carboxylic acids is 1. The molecule has 7 nitrogen and oxygen atoms in total. The summed E-state index contributed by atoms with van der Waals surface area (Å²) in [5.41, 5.74) is 3.29. The van der Waals surface area contributed by atoms with Crippen molar-refractivity contribution in [2.24, 2.45) is 0 Å². The molecule has 0 aliphatic rings. The largest absolute Gasteiger partial charge is 0.481 e. The summed E-state index contributed by atoms with van der Waals surface area (Å²) < 4.78 is 1.58.